The number of rotatable bonds is 7. The molecule has 0 heterocycles. The van der Waals surface area contributed by atoms with E-state index in [4.69, 9.17) is 10.8 Å². The molecular weight excluding hydrogens is 264 g/mol. The lowest BCUT2D eigenvalue weighted by Crippen LogP contribution is -1.98. The Morgan fingerprint density at radius 1 is 1.16 bits per heavy atom. The molecule has 1 aromatic carbocycles. The van der Waals surface area contributed by atoms with Crippen LogP contribution in [0.3, 0.4) is 0 Å². The van der Waals surface area contributed by atoms with Crippen molar-refractivity contribution in [2.45, 2.75) is 32.1 Å². The third kappa shape index (κ3) is 14.7. The Kier molecular flexibility index (Phi) is 15.6. The molecule has 1 rings (SSSR count). The van der Waals surface area contributed by atoms with Crippen LogP contribution >= 0.6 is 12.4 Å². The van der Waals surface area contributed by atoms with Crippen LogP contribution in [0.5, 0.6) is 0 Å². The Labute approximate surface area is 121 Å². The summed E-state index contributed by atoms with van der Waals surface area (Å²) in [6.07, 6.45) is 4.15. The SMILES string of the molecule is CNc1ccccc1.Cl.NCCCCCCC(=O)O. The standard InChI is InChI=1S/C7H15NO2.C7H9N.ClH/c8-6-4-2-1-3-5-7(9)10;1-8-7-5-3-2-4-6-7;/h1-6,8H2,(H,9,10);2-6,8H,1H3;1H. The second kappa shape index (κ2) is 14.8. The highest BCUT2D eigenvalue weighted by molar-refractivity contribution is 5.85. The van der Waals surface area contributed by atoms with Gasteiger partial charge in [0, 0.05) is 19.2 Å². The molecule has 0 atom stereocenters. The summed E-state index contributed by atoms with van der Waals surface area (Å²) in [5.74, 6) is -0.701. The minimum atomic E-state index is -0.701. The molecule has 0 fully saturated rings. The molecule has 0 unspecified atom stereocenters. The molecule has 0 aliphatic rings. The minimum absolute atomic E-state index is 0. The molecular formula is C14H25ClN2O2. The molecule has 0 bridgehead atoms. The lowest BCUT2D eigenvalue weighted by Gasteiger charge is -1.95. The monoisotopic (exact) mass is 288 g/mol. The maximum Gasteiger partial charge on any atom is 0.303 e. The van der Waals surface area contributed by atoms with Crippen molar-refractivity contribution in [1.29, 1.82) is 0 Å². The Morgan fingerprint density at radius 2 is 1.74 bits per heavy atom. The molecule has 5 heteroatoms. The number of carbonyl (C=O) groups is 1. The zero-order chi connectivity index (χ0) is 13.6. The van der Waals surface area contributed by atoms with Crippen molar-refractivity contribution in [2.24, 2.45) is 5.73 Å². The summed E-state index contributed by atoms with van der Waals surface area (Å²) in [5, 5.41) is 11.3. The number of anilines is 1. The fourth-order valence-corrected chi connectivity index (χ4v) is 1.38. The maximum absolute atomic E-state index is 10.0. The summed E-state index contributed by atoms with van der Waals surface area (Å²) < 4.78 is 0. The molecule has 0 amide bonds. The summed E-state index contributed by atoms with van der Waals surface area (Å²) in [5.41, 5.74) is 6.41. The van der Waals surface area contributed by atoms with E-state index in [1.54, 1.807) is 0 Å². The topological polar surface area (TPSA) is 75.3 Å². The summed E-state index contributed by atoms with van der Waals surface area (Å²) in [6.45, 7) is 0.715. The molecule has 0 aliphatic heterocycles. The first-order chi connectivity index (χ1) is 8.70. The van der Waals surface area contributed by atoms with Gasteiger partial charge in [-0.3, -0.25) is 4.79 Å². The number of carboxylic acids is 1. The predicted octanol–water partition coefficient (Wildman–Crippen LogP) is 3.13. The van der Waals surface area contributed by atoms with E-state index in [1.165, 1.54) is 0 Å². The van der Waals surface area contributed by atoms with Gasteiger partial charge in [0.05, 0.1) is 0 Å². The molecule has 0 aromatic heterocycles. The molecule has 0 spiro atoms. The first kappa shape index (κ1) is 20.1. The van der Waals surface area contributed by atoms with E-state index in [1.807, 2.05) is 37.4 Å². The van der Waals surface area contributed by atoms with Gasteiger partial charge in [-0.05, 0) is 31.5 Å². The van der Waals surface area contributed by atoms with Gasteiger partial charge in [0.25, 0.3) is 0 Å². The number of hydrogen-bond acceptors (Lipinski definition) is 3. The van der Waals surface area contributed by atoms with Gasteiger partial charge in [0.1, 0.15) is 0 Å². The normalized spacial score (nSPS) is 8.74. The van der Waals surface area contributed by atoms with Gasteiger partial charge in [0.15, 0.2) is 0 Å². The molecule has 4 N–H and O–H groups in total. The third-order valence-electron chi connectivity index (χ3n) is 2.41. The molecule has 110 valence electrons. The summed E-state index contributed by atoms with van der Waals surface area (Å²) in [7, 11) is 1.91. The van der Waals surface area contributed by atoms with Crippen LogP contribution in [0.4, 0.5) is 5.69 Å². The van der Waals surface area contributed by atoms with Crippen LogP contribution in [0.15, 0.2) is 30.3 Å². The van der Waals surface area contributed by atoms with Gasteiger partial charge in [0.2, 0.25) is 0 Å². The number of nitrogens with one attached hydrogen (secondary N) is 1. The number of unbranched alkanes of at least 4 members (excludes halogenated alkanes) is 3. The van der Waals surface area contributed by atoms with Gasteiger partial charge in [-0.25, -0.2) is 0 Å². The maximum atomic E-state index is 10.0. The molecule has 0 radical (unpaired) electrons. The number of halogens is 1. The highest BCUT2D eigenvalue weighted by Crippen LogP contribution is 2.02. The van der Waals surface area contributed by atoms with E-state index in [9.17, 15) is 4.79 Å². The second-order valence-corrected chi connectivity index (χ2v) is 3.96. The molecule has 0 saturated heterocycles. The van der Waals surface area contributed by atoms with E-state index in [2.05, 4.69) is 5.32 Å². The molecule has 0 saturated carbocycles. The highest BCUT2D eigenvalue weighted by Gasteiger charge is 1.94. The molecule has 1 aromatic rings. The van der Waals surface area contributed by atoms with Gasteiger partial charge in [-0.15, -0.1) is 12.4 Å². The Bertz CT molecular complexity index is 308. The van der Waals surface area contributed by atoms with Crippen LogP contribution in [0.25, 0.3) is 0 Å². The van der Waals surface area contributed by atoms with Crippen LogP contribution < -0.4 is 11.1 Å². The highest BCUT2D eigenvalue weighted by atomic mass is 35.5. The van der Waals surface area contributed by atoms with E-state index in [-0.39, 0.29) is 12.4 Å². The van der Waals surface area contributed by atoms with Crippen LogP contribution in [0.2, 0.25) is 0 Å². The van der Waals surface area contributed by atoms with E-state index < -0.39 is 5.97 Å². The first-order valence-electron chi connectivity index (χ1n) is 6.35. The Morgan fingerprint density at radius 3 is 2.16 bits per heavy atom. The quantitative estimate of drug-likeness (QED) is 0.674. The van der Waals surface area contributed by atoms with Gasteiger partial charge in [-0.1, -0.05) is 31.0 Å². The summed E-state index contributed by atoms with van der Waals surface area (Å²) in [4.78, 5) is 10.0. The number of aliphatic carboxylic acids is 1. The predicted molar refractivity (Wildman–Crippen MR) is 83.0 cm³/mol. The fourth-order valence-electron chi connectivity index (χ4n) is 1.38. The molecule has 19 heavy (non-hydrogen) atoms. The van der Waals surface area contributed by atoms with Crippen molar-refractivity contribution in [3.8, 4) is 0 Å². The van der Waals surface area contributed by atoms with Gasteiger partial charge < -0.3 is 16.2 Å². The molecule has 4 nitrogen and oxygen atoms in total. The van der Waals surface area contributed by atoms with Crippen LogP contribution in [0.1, 0.15) is 32.1 Å². The second-order valence-electron chi connectivity index (χ2n) is 3.96. The van der Waals surface area contributed by atoms with Gasteiger partial charge in [-0.2, -0.15) is 0 Å². The van der Waals surface area contributed by atoms with E-state index in [0.717, 1.165) is 31.4 Å². The lowest BCUT2D eigenvalue weighted by molar-refractivity contribution is -0.137. The van der Waals surface area contributed by atoms with Crippen molar-refractivity contribution in [3.63, 3.8) is 0 Å². The summed E-state index contributed by atoms with van der Waals surface area (Å²) in [6, 6.07) is 10.1. The lowest BCUT2D eigenvalue weighted by atomic mass is 10.1. The third-order valence-corrected chi connectivity index (χ3v) is 2.41. The van der Waals surface area contributed by atoms with Crippen molar-refractivity contribution >= 4 is 24.1 Å². The number of carboxylic acid groups (broad SMARTS) is 1. The summed E-state index contributed by atoms with van der Waals surface area (Å²) >= 11 is 0. The van der Waals surface area contributed by atoms with Gasteiger partial charge >= 0.3 is 5.97 Å². The van der Waals surface area contributed by atoms with Crippen molar-refractivity contribution in [1.82, 2.24) is 0 Å². The van der Waals surface area contributed by atoms with Crippen LogP contribution in [0, 0.1) is 0 Å². The fraction of sp³-hybridized carbons (Fsp3) is 0.500. The smallest absolute Gasteiger partial charge is 0.303 e. The largest absolute Gasteiger partial charge is 0.481 e. The van der Waals surface area contributed by atoms with Crippen molar-refractivity contribution in [2.75, 3.05) is 18.9 Å². The number of para-hydroxylation sites is 1. The Hall–Kier alpha value is -1.26. The minimum Gasteiger partial charge on any atom is -0.481 e. The number of hydrogen-bond donors (Lipinski definition) is 3. The molecule has 0 aliphatic carbocycles. The Balaban J connectivity index is 0. The van der Waals surface area contributed by atoms with Crippen molar-refractivity contribution in [3.05, 3.63) is 30.3 Å². The zero-order valence-corrected chi connectivity index (χ0v) is 12.3. The number of benzene rings is 1. The van der Waals surface area contributed by atoms with E-state index >= 15 is 0 Å². The van der Waals surface area contributed by atoms with Crippen LogP contribution in [-0.4, -0.2) is 24.7 Å². The first-order valence-corrected chi connectivity index (χ1v) is 6.35. The van der Waals surface area contributed by atoms with Crippen LogP contribution in [-0.2, 0) is 4.79 Å². The number of nitrogens with two attached hydrogens (primary N) is 1. The zero-order valence-electron chi connectivity index (χ0n) is 11.5. The van der Waals surface area contributed by atoms with E-state index in [0.29, 0.717) is 13.0 Å². The average molecular weight is 289 g/mol. The van der Waals surface area contributed by atoms with Crippen molar-refractivity contribution < 1.29 is 9.90 Å². The average Bonchev–Trinajstić information content (AvgIpc) is 2.40.